The molecule has 0 atom stereocenters. The van der Waals surface area contributed by atoms with Gasteiger partial charge in [-0.1, -0.05) is 25.1 Å². The van der Waals surface area contributed by atoms with E-state index in [4.69, 9.17) is 0 Å². The molecule has 140 valence electrons. The van der Waals surface area contributed by atoms with E-state index in [1.165, 1.54) is 12.1 Å². The number of sulfonamides is 1. The van der Waals surface area contributed by atoms with Gasteiger partial charge < -0.3 is 5.32 Å². The molecule has 5 nitrogen and oxygen atoms in total. The lowest BCUT2D eigenvalue weighted by atomic mass is 10.1. The zero-order valence-corrected chi connectivity index (χ0v) is 15.9. The normalized spacial score (nSPS) is 11.6. The molecule has 2 aromatic rings. The van der Waals surface area contributed by atoms with Gasteiger partial charge in [0, 0.05) is 13.1 Å². The third-order valence-corrected chi connectivity index (χ3v) is 6.11. The number of likely N-dealkylation sites (N-methyl/N-ethyl adjacent to an activating group) is 1. The number of carbonyl (C=O) groups is 1. The molecule has 0 aliphatic heterocycles. The monoisotopic (exact) mass is 378 g/mol. The lowest BCUT2D eigenvalue weighted by Gasteiger charge is -2.20. The molecule has 0 radical (unpaired) electrons. The summed E-state index contributed by atoms with van der Waals surface area (Å²) >= 11 is 0. The van der Waals surface area contributed by atoms with Crippen LogP contribution in [-0.4, -0.2) is 31.7 Å². The first-order valence-electron chi connectivity index (χ1n) is 8.32. The molecule has 2 rings (SSSR count). The minimum atomic E-state index is -3.75. The first-order valence-corrected chi connectivity index (χ1v) is 9.76. The van der Waals surface area contributed by atoms with E-state index in [0.717, 1.165) is 21.0 Å². The minimum Gasteiger partial charge on any atom is -0.351 e. The van der Waals surface area contributed by atoms with Gasteiger partial charge in [0.05, 0.1) is 11.4 Å². The number of hydrogen-bond donors (Lipinski definition) is 1. The standard InChI is InChI=1S/C19H23FN2O3S/c1-4-22(26(24,25)18-10-5-14(2)15(3)11-18)13-19(23)21-12-16-6-8-17(20)9-7-16/h5-11H,4,12-13H2,1-3H3,(H,21,23). The molecule has 0 saturated carbocycles. The van der Waals surface area contributed by atoms with Crippen LogP contribution in [0.15, 0.2) is 47.4 Å². The molecule has 7 heteroatoms. The van der Waals surface area contributed by atoms with Crippen LogP contribution in [0.5, 0.6) is 0 Å². The van der Waals surface area contributed by atoms with E-state index in [-0.39, 0.29) is 30.3 Å². The third kappa shape index (κ3) is 4.89. The molecule has 2 aromatic carbocycles. The van der Waals surface area contributed by atoms with E-state index in [1.54, 1.807) is 37.3 Å². The molecular formula is C19H23FN2O3S. The van der Waals surface area contributed by atoms with Crippen molar-refractivity contribution in [3.63, 3.8) is 0 Å². The summed E-state index contributed by atoms with van der Waals surface area (Å²) in [6, 6.07) is 10.7. The topological polar surface area (TPSA) is 66.5 Å². The Morgan fingerprint density at radius 1 is 1.08 bits per heavy atom. The molecule has 26 heavy (non-hydrogen) atoms. The van der Waals surface area contributed by atoms with Crippen LogP contribution in [0.3, 0.4) is 0 Å². The lowest BCUT2D eigenvalue weighted by Crippen LogP contribution is -2.40. The lowest BCUT2D eigenvalue weighted by molar-refractivity contribution is -0.121. The zero-order valence-electron chi connectivity index (χ0n) is 15.1. The summed E-state index contributed by atoms with van der Waals surface area (Å²) in [4.78, 5) is 12.3. The molecule has 0 bridgehead atoms. The van der Waals surface area contributed by atoms with E-state index in [1.807, 2.05) is 13.8 Å². The highest BCUT2D eigenvalue weighted by Crippen LogP contribution is 2.19. The van der Waals surface area contributed by atoms with E-state index in [2.05, 4.69) is 5.32 Å². The summed E-state index contributed by atoms with van der Waals surface area (Å²) in [5.74, 6) is -0.764. The summed E-state index contributed by atoms with van der Waals surface area (Å²) in [6.45, 7) is 5.56. The van der Waals surface area contributed by atoms with Crippen molar-refractivity contribution < 1.29 is 17.6 Å². The fraction of sp³-hybridized carbons (Fsp3) is 0.316. The summed E-state index contributed by atoms with van der Waals surface area (Å²) in [7, 11) is -3.75. The molecular weight excluding hydrogens is 355 g/mol. The first kappa shape index (κ1) is 20.1. The van der Waals surface area contributed by atoms with Crippen LogP contribution in [0.4, 0.5) is 4.39 Å². The van der Waals surface area contributed by atoms with Gasteiger partial charge in [0.2, 0.25) is 15.9 Å². The van der Waals surface area contributed by atoms with Gasteiger partial charge in [-0.15, -0.1) is 0 Å². The molecule has 0 fully saturated rings. The predicted octanol–water partition coefficient (Wildman–Crippen LogP) is 2.77. The third-order valence-electron chi connectivity index (χ3n) is 4.19. The molecule has 0 spiro atoms. The Balaban J connectivity index is 2.05. The van der Waals surface area contributed by atoms with E-state index < -0.39 is 15.9 Å². The van der Waals surface area contributed by atoms with E-state index >= 15 is 0 Å². The number of amides is 1. The molecule has 0 unspecified atom stereocenters. The number of halogens is 1. The molecule has 0 aliphatic rings. The molecule has 0 saturated heterocycles. The summed E-state index contributed by atoms with van der Waals surface area (Å²) in [5, 5.41) is 2.66. The van der Waals surface area contributed by atoms with Gasteiger partial charge in [-0.3, -0.25) is 4.79 Å². The van der Waals surface area contributed by atoms with Crippen molar-refractivity contribution in [2.45, 2.75) is 32.2 Å². The maximum absolute atomic E-state index is 12.9. The average Bonchev–Trinajstić information content (AvgIpc) is 2.61. The molecule has 0 aliphatic carbocycles. The van der Waals surface area contributed by atoms with Crippen LogP contribution in [0, 0.1) is 19.7 Å². The molecule has 0 aromatic heterocycles. The summed E-state index contributed by atoms with van der Waals surface area (Å²) < 4.78 is 39.6. The second-order valence-electron chi connectivity index (χ2n) is 6.08. The van der Waals surface area contributed by atoms with Crippen LogP contribution >= 0.6 is 0 Å². The van der Waals surface area contributed by atoms with E-state index in [9.17, 15) is 17.6 Å². The number of benzene rings is 2. The Kier molecular flexibility index (Phi) is 6.50. The van der Waals surface area contributed by atoms with Gasteiger partial charge in [-0.25, -0.2) is 12.8 Å². The number of aryl methyl sites for hydroxylation is 2. The van der Waals surface area contributed by atoms with Crippen LogP contribution in [-0.2, 0) is 21.4 Å². The Morgan fingerprint density at radius 2 is 1.73 bits per heavy atom. The van der Waals surface area contributed by atoms with Crippen molar-refractivity contribution in [2.24, 2.45) is 0 Å². The largest absolute Gasteiger partial charge is 0.351 e. The van der Waals surface area contributed by atoms with Gasteiger partial charge >= 0.3 is 0 Å². The summed E-state index contributed by atoms with van der Waals surface area (Å²) in [6.07, 6.45) is 0. The Bertz CT molecular complexity index is 880. The minimum absolute atomic E-state index is 0.175. The van der Waals surface area contributed by atoms with Crippen molar-refractivity contribution in [1.29, 1.82) is 0 Å². The maximum atomic E-state index is 12.9. The van der Waals surface area contributed by atoms with Crippen LogP contribution in [0.1, 0.15) is 23.6 Å². The van der Waals surface area contributed by atoms with Crippen molar-refractivity contribution >= 4 is 15.9 Å². The van der Waals surface area contributed by atoms with Crippen molar-refractivity contribution in [1.82, 2.24) is 9.62 Å². The highest BCUT2D eigenvalue weighted by molar-refractivity contribution is 7.89. The zero-order chi connectivity index (χ0) is 19.3. The van der Waals surface area contributed by atoms with Crippen LogP contribution in [0.2, 0.25) is 0 Å². The van der Waals surface area contributed by atoms with E-state index in [0.29, 0.717) is 0 Å². The Morgan fingerprint density at radius 3 is 2.31 bits per heavy atom. The van der Waals surface area contributed by atoms with Gasteiger partial charge in [-0.05, 0) is 54.8 Å². The number of hydrogen-bond acceptors (Lipinski definition) is 3. The SMILES string of the molecule is CCN(CC(=O)NCc1ccc(F)cc1)S(=O)(=O)c1ccc(C)c(C)c1. The molecule has 1 N–H and O–H groups in total. The van der Waals surface area contributed by atoms with Gasteiger partial charge in [0.25, 0.3) is 0 Å². The highest BCUT2D eigenvalue weighted by atomic mass is 32.2. The summed E-state index contributed by atoms with van der Waals surface area (Å²) in [5.41, 5.74) is 2.62. The first-order chi connectivity index (χ1) is 12.2. The maximum Gasteiger partial charge on any atom is 0.243 e. The fourth-order valence-corrected chi connectivity index (χ4v) is 3.90. The number of nitrogens with zero attached hydrogens (tertiary/aromatic N) is 1. The van der Waals surface area contributed by atoms with Gasteiger partial charge in [0.1, 0.15) is 5.82 Å². The number of carbonyl (C=O) groups excluding carboxylic acids is 1. The molecule has 1 amide bonds. The van der Waals surface area contributed by atoms with Gasteiger partial charge in [0.15, 0.2) is 0 Å². The van der Waals surface area contributed by atoms with Crippen molar-refractivity contribution in [2.75, 3.05) is 13.1 Å². The highest BCUT2D eigenvalue weighted by Gasteiger charge is 2.25. The smallest absolute Gasteiger partial charge is 0.243 e. The van der Waals surface area contributed by atoms with Crippen molar-refractivity contribution in [3.05, 3.63) is 65.0 Å². The Labute approximate surface area is 153 Å². The number of rotatable bonds is 7. The quantitative estimate of drug-likeness (QED) is 0.806. The second-order valence-corrected chi connectivity index (χ2v) is 8.02. The second kappa shape index (κ2) is 8.42. The number of nitrogens with one attached hydrogen (secondary N) is 1. The van der Waals surface area contributed by atoms with Crippen molar-refractivity contribution in [3.8, 4) is 0 Å². The molecule has 0 heterocycles. The Hall–Kier alpha value is -2.25. The van der Waals surface area contributed by atoms with Gasteiger partial charge in [-0.2, -0.15) is 4.31 Å². The average molecular weight is 378 g/mol. The van der Waals surface area contributed by atoms with Crippen LogP contribution in [0.25, 0.3) is 0 Å². The van der Waals surface area contributed by atoms with Crippen LogP contribution < -0.4 is 5.32 Å². The predicted molar refractivity (Wildman–Crippen MR) is 98.6 cm³/mol. The fourth-order valence-electron chi connectivity index (χ4n) is 2.41.